The molecule has 0 radical (unpaired) electrons. The second-order valence-electron chi connectivity index (χ2n) is 6.20. The Morgan fingerprint density at radius 2 is 1.76 bits per heavy atom. The number of thioether (sulfide) groups is 1. The first kappa shape index (κ1) is 16.3. The molecule has 0 bridgehead atoms. The van der Waals surface area contributed by atoms with Gasteiger partial charge in [-0.1, -0.05) is 36.0 Å². The first-order chi connectivity index (χ1) is 12.1. The van der Waals surface area contributed by atoms with E-state index in [1.165, 1.54) is 18.2 Å². The molecule has 0 N–H and O–H groups in total. The highest BCUT2D eigenvalue weighted by atomic mass is 32.2. The monoisotopic (exact) mass is 357 g/mol. The maximum Gasteiger partial charge on any atom is 0.192 e. The van der Waals surface area contributed by atoms with E-state index < -0.39 is 0 Å². The molecule has 1 aliphatic carbocycles. The SMILES string of the molecule is C[C@H](Sc1nnc(-c2ccccc2F)n1C1CC1)c1ccc(F)cc1. The van der Waals surface area contributed by atoms with Crippen molar-refractivity contribution in [1.82, 2.24) is 14.8 Å². The third-order valence-electron chi connectivity index (χ3n) is 4.31. The minimum absolute atomic E-state index is 0.0933. The van der Waals surface area contributed by atoms with E-state index in [2.05, 4.69) is 10.2 Å². The quantitative estimate of drug-likeness (QED) is 0.572. The molecule has 0 amide bonds. The Labute approximate surface area is 149 Å². The highest BCUT2D eigenvalue weighted by molar-refractivity contribution is 7.99. The molecular weight excluding hydrogens is 340 g/mol. The molecule has 0 saturated heterocycles. The maximum absolute atomic E-state index is 14.2. The summed E-state index contributed by atoms with van der Waals surface area (Å²) >= 11 is 1.56. The van der Waals surface area contributed by atoms with Gasteiger partial charge in [0.15, 0.2) is 11.0 Å². The molecule has 0 spiro atoms. The van der Waals surface area contributed by atoms with Gasteiger partial charge in [0.2, 0.25) is 0 Å². The second-order valence-corrected chi connectivity index (χ2v) is 7.51. The van der Waals surface area contributed by atoms with E-state index in [-0.39, 0.29) is 16.9 Å². The van der Waals surface area contributed by atoms with Gasteiger partial charge in [0.1, 0.15) is 11.6 Å². The van der Waals surface area contributed by atoms with Crippen molar-refractivity contribution in [3.63, 3.8) is 0 Å². The van der Waals surface area contributed by atoms with Crippen LogP contribution in [0.25, 0.3) is 11.4 Å². The van der Waals surface area contributed by atoms with Gasteiger partial charge in [-0.05, 0) is 49.6 Å². The fraction of sp³-hybridized carbons (Fsp3) is 0.263. The first-order valence-corrected chi connectivity index (χ1v) is 9.13. The standard InChI is InChI=1S/C19H17F2N3S/c1-12(13-6-8-14(20)9-7-13)25-19-23-22-18(24(19)15-10-11-15)16-4-2-3-5-17(16)21/h2-9,12,15H,10-11H2,1H3/t12-/m0/s1. The van der Waals surface area contributed by atoms with Crippen LogP contribution < -0.4 is 0 Å². The Kier molecular flexibility index (Phi) is 4.29. The van der Waals surface area contributed by atoms with E-state index in [4.69, 9.17) is 0 Å². The lowest BCUT2D eigenvalue weighted by molar-refractivity contribution is 0.622. The lowest BCUT2D eigenvalue weighted by Crippen LogP contribution is -2.02. The summed E-state index contributed by atoms with van der Waals surface area (Å²) in [5.41, 5.74) is 1.49. The van der Waals surface area contributed by atoms with Gasteiger partial charge in [-0.25, -0.2) is 8.78 Å². The smallest absolute Gasteiger partial charge is 0.192 e. The topological polar surface area (TPSA) is 30.7 Å². The van der Waals surface area contributed by atoms with Gasteiger partial charge < -0.3 is 0 Å². The van der Waals surface area contributed by atoms with Crippen molar-refractivity contribution in [3.05, 3.63) is 65.7 Å². The lowest BCUT2D eigenvalue weighted by atomic mass is 10.2. The Balaban J connectivity index is 1.67. The normalized spacial score (nSPS) is 15.3. The van der Waals surface area contributed by atoms with Crippen molar-refractivity contribution in [1.29, 1.82) is 0 Å². The average molecular weight is 357 g/mol. The Morgan fingerprint density at radius 3 is 2.44 bits per heavy atom. The average Bonchev–Trinajstić information content (AvgIpc) is 3.37. The van der Waals surface area contributed by atoms with Crippen LogP contribution in [0.4, 0.5) is 8.78 Å². The molecular formula is C19H17F2N3S. The summed E-state index contributed by atoms with van der Waals surface area (Å²) in [6.07, 6.45) is 2.11. The second kappa shape index (κ2) is 6.59. The van der Waals surface area contributed by atoms with Gasteiger partial charge >= 0.3 is 0 Å². The Morgan fingerprint density at radius 1 is 1.04 bits per heavy atom. The number of aromatic nitrogens is 3. The van der Waals surface area contributed by atoms with Gasteiger partial charge in [-0.2, -0.15) is 0 Å². The first-order valence-electron chi connectivity index (χ1n) is 8.25. The van der Waals surface area contributed by atoms with Crippen LogP contribution in [0.15, 0.2) is 53.7 Å². The summed E-state index contributed by atoms with van der Waals surface area (Å²) in [4.78, 5) is 0. The zero-order valence-corrected chi connectivity index (χ0v) is 14.5. The number of benzene rings is 2. The molecule has 0 aliphatic heterocycles. The molecule has 3 aromatic rings. The summed E-state index contributed by atoms with van der Waals surface area (Å²) in [6, 6.07) is 13.5. The van der Waals surface area contributed by atoms with E-state index in [0.717, 1.165) is 23.6 Å². The summed E-state index contributed by atoms with van der Waals surface area (Å²) in [6.45, 7) is 2.05. The summed E-state index contributed by atoms with van der Waals surface area (Å²) in [5, 5.41) is 9.44. The molecule has 2 aromatic carbocycles. The molecule has 4 rings (SSSR count). The van der Waals surface area contributed by atoms with Crippen LogP contribution in [0.1, 0.15) is 36.6 Å². The highest BCUT2D eigenvalue weighted by Gasteiger charge is 2.31. The van der Waals surface area contributed by atoms with Crippen LogP contribution in [0.5, 0.6) is 0 Å². The molecule has 25 heavy (non-hydrogen) atoms. The number of nitrogens with zero attached hydrogens (tertiary/aromatic N) is 3. The number of hydrogen-bond donors (Lipinski definition) is 0. The fourth-order valence-electron chi connectivity index (χ4n) is 2.81. The summed E-state index contributed by atoms with van der Waals surface area (Å²) < 4.78 is 29.4. The molecule has 1 aromatic heterocycles. The third-order valence-corrected chi connectivity index (χ3v) is 5.43. The molecule has 128 valence electrons. The van der Waals surface area contributed by atoms with Gasteiger partial charge in [0.05, 0.1) is 5.56 Å². The fourth-order valence-corrected chi connectivity index (χ4v) is 3.85. The summed E-state index contributed by atoms with van der Waals surface area (Å²) in [5.74, 6) is 0.0401. The van der Waals surface area contributed by atoms with Crippen molar-refractivity contribution in [3.8, 4) is 11.4 Å². The van der Waals surface area contributed by atoms with E-state index in [1.54, 1.807) is 42.1 Å². The number of rotatable bonds is 5. The van der Waals surface area contributed by atoms with Crippen LogP contribution in [0, 0.1) is 11.6 Å². The minimum atomic E-state index is -0.292. The van der Waals surface area contributed by atoms with Gasteiger partial charge in [0, 0.05) is 11.3 Å². The molecule has 6 heteroatoms. The van der Waals surface area contributed by atoms with Crippen molar-refractivity contribution in [2.75, 3.05) is 0 Å². The van der Waals surface area contributed by atoms with Gasteiger partial charge in [-0.3, -0.25) is 4.57 Å². The number of halogens is 2. The predicted molar refractivity (Wildman–Crippen MR) is 94.4 cm³/mol. The van der Waals surface area contributed by atoms with Crippen molar-refractivity contribution in [2.24, 2.45) is 0 Å². The molecule has 1 atom stereocenters. The third kappa shape index (κ3) is 3.31. The van der Waals surface area contributed by atoms with Crippen LogP contribution in [0.3, 0.4) is 0 Å². The van der Waals surface area contributed by atoms with Crippen LogP contribution in [-0.2, 0) is 0 Å². The van der Waals surface area contributed by atoms with E-state index in [1.807, 2.05) is 11.5 Å². The van der Waals surface area contributed by atoms with Crippen LogP contribution in [-0.4, -0.2) is 14.8 Å². The molecule has 0 unspecified atom stereocenters. The zero-order chi connectivity index (χ0) is 17.4. The van der Waals surface area contributed by atoms with Gasteiger partial charge in [0.25, 0.3) is 0 Å². The van der Waals surface area contributed by atoms with E-state index in [9.17, 15) is 8.78 Å². The molecule has 1 fully saturated rings. The van der Waals surface area contributed by atoms with Crippen LogP contribution in [0.2, 0.25) is 0 Å². The van der Waals surface area contributed by atoms with Crippen molar-refractivity contribution in [2.45, 2.75) is 36.2 Å². The molecule has 1 aliphatic rings. The van der Waals surface area contributed by atoms with E-state index >= 15 is 0 Å². The largest absolute Gasteiger partial charge is 0.299 e. The van der Waals surface area contributed by atoms with Crippen molar-refractivity contribution >= 4 is 11.8 Å². The predicted octanol–water partition coefficient (Wildman–Crippen LogP) is 5.41. The lowest BCUT2D eigenvalue weighted by Gasteiger charge is -2.13. The highest BCUT2D eigenvalue weighted by Crippen LogP contribution is 2.44. The van der Waals surface area contributed by atoms with Crippen molar-refractivity contribution < 1.29 is 8.78 Å². The zero-order valence-electron chi connectivity index (χ0n) is 13.7. The summed E-state index contributed by atoms with van der Waals surface area (Å²) in [7, 11) is 0. The molecule has 1 saturated carbocycles. The minimum Gasteiger partial charge on any atom is -0.299 e. The van der Waals surface area contributed by atoms with E-state index in [0.29, 0.717) is 17.4 Å². The molecule has 1 heterocycles. The molecule has 3 nitrogen and oxygen atoms in total. The Bertz CT molecular complexity index is 888. The van der Waals surface area contributed by atoms with Crippen LogP contribution >= 0.6 is 11.8 Å². The Hall–Kier alpha value is -2.21. The number of hydrogen-bond acceptors (Lipinski definition) is 3. The van der Waals surface area contributed by atoms with Gasteiger partial charge in [-0.15, -0.1) is 10.2 Å². The maximum atomic E-state index is 14.2.